The Morgan fingerprint density at radius 3 is 2.07 bits per heavy atom. The molecule has 4 rings (SSSR count). The molecule has 2 heterocycles. The van der Waals surface area contributed by atoms with Crippen molar-refractivity contribution >= 4 is 89.1 Å². The lowest BCUT2D eigenvalue weighted by Gasteiger charge is -2.17. The number of anilines is 2. The lowest BCUT2D eigenvalue weighted by atomic mass is 9.96. The molecule has 0 fully saturated rings. The van der Waals surface area contributed by atoms with Crippen molar-refractivity contribution in [3.8, 4) is 0 Å². The van der Waals surface area contributed by atoms with E-state index in [1.54, 1.807) is 3.11 Å². The molecule has 0 saturated heterocycles. The first-order chi connectivity index (χ1) is 13.9. The molecule has 0 atom stereocenters. The lowest BCUT2D eigenvalue weighted by molar-refractivity contribution is -0.114. The van der Waals surface area contributed by atoms with Gasteiger partial charge in [-0.25, -0.2) is 3.11 Å². The topological polar surface area (TPSA) is 40.6 Å². The number of halogens is 3. The van der Waals surface area contributed by atoms with Crippen molar-refractivity contribution < 1.29 is 9.59 Å². The van der Waals surface area contributed by atoms with E-state index in [1.165, 1.54) is 0 Å². The molecule has 7 heteroatoms. The van der Waals surface area contributed by atoms with Gasteiger partial charge >= 0.3 is 0 Å². The van der Waals surface area contributed by atoms with Crippen molar-refractivity contribution in [2.75, 3.05) is 14.6 Å². The van der Waals surface area contributed by atoms with Gasteiger partial charge in [-0.2, -0.15) is 0 Å². The van der Waals surface area contributed by atoms with Crippen LogP contribution in [-0.2, 0) is 9.59 Å². The largest absolute Gasteiger partial charge is 0.308 e. The molecule has 0 unspecified atom stereocenters. The Kier molecular flexibility index (Phi) is 6.18. The second-order valence-electron chi connectivity index (χ2n) is 7.18. The first-order valence-corrected chi connectivity index (χ1v) is 12.1. The highest BCUT2D eigenvalue weighted by Crippen LogP contribution is 2.48. The zero-order valence-electron chi connectivity index (χ0n) is 15.8. The Hall–Kier alpha value is -1.19. The van der Waals surface area contributed by atoms with Crippen LogP contribution in [0.5, 0.6) is 0 Å². The van der Waals surface area contributed by atoms with Crippen LogP contribution in [0.3, 0.4) is 0 Å². The van der Waals surface area contributed by atoms with Crippen LogP contribution in [0.2, 0.25) is 0 Å². The Balaban J connectivity index is 1.85. The minimum absolute atomic E-state index is 0.0847. The van der Waals surface area contributed by atoms with Crippen LogP contribution in [-0.4, -0.2) is 18.4 Å². The molecule has 2 amide bonds. The number of nitrogens with zero attached hydrogens (tertiary/aromatic N) is 2. The lowest BCUT2D eigenvalue weighted by Crippen LogP contribution is -2.28. The van der Waals surface area contributed by atoms with Crippen LogP contribution in [0, 0.1) is 0 Å². The summed E-state index contributed by atoms with van der Waals surface area (Å²) in [5.41, 5.74) is 4.32. The van der Waals surface area contributed by atoms with Crippen LogP contribution in [0.25, 0.3) is 11.1 Å². The van der Waals surface area contributed by atoms with Crippen molar-refractivity contribution in [1.29, 1.82) is 0 Å². The average molecular weight is 630 g/mol. The molecule has 2 aliphatic rings. The van der Waals surface area contributed by atoms with Gasteiger partial charge in [0.15, 0.2) is 0 Å². The van der Waals surface area contributed by atoms with Crippen molar-refractivity contribution in [1.82, 2.24) is 0 Å². The fraction of sp³-hybridized carbons (Fsp3) is 0.273. The van der Waals surface area contributed by atoms with Crippen LogP contribution in [0.4, 0.5) is 11.4 Å². The maximum atomic E-state index is 13.5. The van der Waals surface area contributed by atoms with E-state index in [2.05, 4.69) is 38.8 Å². The molecule has 0 saturated carbocycles. The maximum Gasteiger partial charge on any atom is 0.268 e. The predicted octanol–water partition coefficient (Wildman–Crippen LogP) is 6.75. The number of carbonyl (C=O) groups is 2. The van der Waals surface area contributed by atoms with E-state index in [0.717, 1.165) is 57.1 Å². The zero-order chi connectivity index (χ0) is 20.7. The highest BCUT2D eigenvalue weighted by molar-refractivity contribution is 14.1. The molecule has 150 valence electrons. The second kappa shape index (κ2) is 8.51. The van der Waals surface area contributed by atoms with Gasteiger partial charge in [-0.3, -0.25) is 9.59 Å². The molecule has 0 bridgehead atoms. The van der Waals surface area contributed by atoms with Gasteiger partial charge < -0.3 is 4.90 Å². The summed E-state index contributed by atoms with van der Waals surface area (Å²) in [5.74, 6) is -0.234. The van der Waals surface area contributed by atoms with Gasteiger partial charge in [0.25, 0.3) is 11.8 Å². The summed E-state index contributed by atoms with van der Waals surface area (Å²) in [6.07, 6.45) is 4.35. The van der Waals surface area contributed by atoms with Gasteiger partial charge in [-0.1, -0.05) is 70.2 Å². The van der Waals surface area contributed by atoms with E-state index in [-0.39, 0.29) is 11.8 Å². The number of hydrogen-bond acceptors (Lipinski definition) is 2. The molecule has 0 radical (unpaired) electrons. The van der Waals surface area contributed by atoms with Crippen LogP contribution in [0.1, 0.15) is 43.7 Å². The summed E-state index contributed by atoms with van der Waals surface area (Å²) >= 11 is 9.02. The molecule has 2 aliphatic heterocycles. The third-order valence-corrected chi connectivity index (χ3v) is 7.24. The Bertz CT molecular complexity index is 1050. The second-order valence-corrected chi connectivity index (χ2v) is 9.97. The Morgan fingerprint density at radius 1 is 0.828 bits per heavy atom. The highest BCUT2D eigenvalue weighted by atomic mass is 127. The third-order valence-electron chi connectivity index (χ3n) is 5.30. The number of carbonyl (C=O) groups excluding carboxylic acids is 2. The number of unbranched alkanes of at least 4 members (excludes halogenated alkanes) is 3. The van der Waals surface area contributed by atoms with Gasteiger partial charge in [0.2, 0.25) is 0 Å². The zero-order valence-corrected chi connectivity index (χ0v) is 21.2. The summed E-state index contributed by atoms with van der Waals surface area (Å²) in [6.45, 7) is 2.83. The molecule has 0 aromatic heterocycles. The maximum absolute atomic E-state index is 13.5. The molecule has 0 spiro atoms. The standard InChI is InChI=1S/C22H19Br2IN2O2/c1-2-3-4-5-10-26-17-11-13(23)6-8-15(17)19(21(26)28)20-16-9-7-14(24)12-18(16)27(25)22(20)29/h6-9,11-12H,2-5,10H2,1H3/b20-19+. The van der Waals surface area contributed by atoms with Gasteiger partial charge in [-0.15, -0.1) is 0 Å². The van der Waals surface area contributed by atoms with Crippen molar-refractivity contribution in [3.05, 3.63) is 56.5 Å². The SMILES string of the molecule is CCCCCCN1C(=O)/C(=C2/C(=O)N(I)c3cc(Br)ccc32)c2ccc(Br)cc21. The van der Waals surface area contributed by atoms with Crippen LogP contribution >= 0.6 is 54.7 Å². The Labute approximate surface area is 201 Å². The highest BCUT2D eigenvalue weighted by Gasteiger charge is 2.41. The van der Waals surface area contributed by atoms with E-state index >= 15 is 0 Å². The minimum Gasteiger partial charge on any atom is -0.308 e. The van der Waals surface area contributed by atoms with E-state index in [9.17, 15) is 9.59 Å². The number of amides is 2. The quantitative estimate of drug-likeness (QED) is 0.159. The van der Waals surface area contributed by atoms with Gasteiger partial charge in [-0.05, 0) is 30.7 Å². The molecular formula is C22H19Br2IN2O2. The third kappa shape index (κ3) is 3.70. The fourth-order valence-corrected chi connectivity index (χ4v) is 5.24. The number of rotatable bonds is 5. The molecule has 0 aliphatic carbocycles. The molecule has 29 heavy (non-hydrogen) atoms. The Morgan fingerprint density at radius 2 is 1.41 bits per heavy atom. The molecule has 2 aromatic rings. The summed E-state index contributed by atoms with van der Waals surface area (Å²) in [7, 11) is 0. The number of hydrogen-bond donors (Lipinski definition) is 0. The smallest absolute Gasteiger partial charge is 0.268 e. The van der Waals surface area contributed by atoms with Crippen molar-refractivity contribution in [2.24, 2.45) is 0 Å². The normalized spacial score (nSPS) is 17.9. The first-order valence-electron chi connectivity index (χ1n) is 9.60. The predicted molar refractivity (Wildman–Crippen MR) is 133 cm³/mol. The van der Waals surface area contributed by atoms with Gasteiger partial charge in [0, 0.05) is 26.6 Å². The minimum atomic E-state index is -0.149. The summed E-state index contributed by atoms with van der Waals surface area (Å²) in [4.78, 5) is 28.5. The number of fused-ring (bicyclic) bond motifs is 2. The monoisotopic (exact) mass is 628 g/mol. The summed E-state index contributed by atoms with van der Waals surface area (Å²) in [5, 5.41) is 0. The van der Waals surface area contributed by atoms with Crippen LogP contribution < -0.4 is 8.01 Å². The molecule has 2 aromatic carbocycles. The van der Waals surface area contributed by atoms with Crippen molar-refractivity contribution in [2.45, 2.75) is 32.6 Å². The van der Waals surface area contributed by atoms with Gasteiger partial charge in [0.1, 0.15) is 0 Å². The first kappa shape index (κ1) is 21.1. The fourth-order valence-electron chi connectivity index (χ4n) is 3.90. The summed E-state index contributed by atoms with van der Waals surface area (Å²) < 4.78 is 3.42. The molecule has 0 N–H and O–H groups in total. The average Bonchev–Trinajstić information content (AvgIpc) is 3.09. The van der Waals surface area contributed by atoms with Gasteiger partial charge in [0.05, 0.1) is 45.4 Å². The van der Waals surface area contributed by atoms with E-state index in [4.69, 9.17) is 0 Å². The van der Waals surface area contributed by atoms with Crippen molar-refractivity contribution in [3.63, 3.8) is 0 Å². The van der Waals surface area contributed by atoms with E-state index in [0.29, 0.717) is 17.7 Å². The van der Waals surface area contributed by atoms with Crippen LogP contribution in [0.15, 0.2) is 45.3 Å². The molecular weight excluding hydrogens is 611 g/mol. The summed E-state index contributed by atoms with van der Waals surface area (Å²) in [6, 6.07) is 11.6. The number of benzene rings is 2. The molecule has 4 nitrogen and oxygen atoms in total. The van der Waals surface area contributed by atoms with E-state index in [1.807, 2.05) is 64.2 Å². The van der Waals surface area contributed by atoms with E-state index < -0.39 is 0 Å².